The molecule has 7 atom stereocenters. The van der Waals surface area contributed by atoms with Crippen molar-refractivity contribution in [3.63, 3.8) is 0 Å². The molecule has 1 aliphatic rings. The number of ether oxygens (including phenoxy) is 2. The van der Waals surface area contributed by atoms with Gasteiger partial charge in [-0.2, -0.15) is 0 Å². The van der Waals surface area contributed by atoms with Gasteiger partial charge in [-0.05, 0) is 44.9 Å². The van der Waals surface area contributed by atoms with Crippen molar-refractivity contribution in [2.24, 2.45) is 0 Å². The minimum atomic E-state index is -1.57. The summed E-state index contributed by atoms with van der Waals surface area (Å²) in [5, 5.41) is 54.7. The second kappa shape index (κ2) is 64.4. The smallest absolute Gasteiger partial charge is 0.220 e. The summed E-state index contributed by atoms with van der Waals surface area (Å²) in [5.74, 6) is -0.183. The molecule has 6 N–H and O–H groups in total. The number of amides is 1. The Kier molecular flexibility index (Phi) is 61.7. The standard InChI is InChI=1S/C75H143NO8/c1-3-5-7-9-11-13-15-17-19-21-23-25-27-28-29-30-31-32-33-34-35-36-37-38-39-40-41-43-45-47-49-51-53-55-57-59-61-63-65-71(79)76-68(67-83-75-74(82)73(81)72(80)70(66-77)84-75)69(78)64-62-60-58-56-54-52-50-48-46-44-42-26-24-22-20-18-16-14-12-10-8-6-4-2/h46,48,54,56,62,64,68-70,72-75,77-78,80-82H,3-45,47,49-53,55,57-61,63,65-67H2,1-2H3,(H,76,79)/b48-46+,56-54+,64-62+. The van der Waals surface area contributed by atoms with E-state index in [4.69, 9.17) is 9.47 Å². The van der Waals surface area contributed by atoms with Gasteiger partial charge in [0.1, 0.15) is 24.4 Å². The van der Waals surface area contributed by atoms with Crippen LogP contribution in [0.5, 0.6) is 0 Å². The van der Waals surface area contributed by atoms with Crippen LogP contribution >= 0.6 is 0 Å². The van der Waals surface area contributed by atoms with Gasteiger partial charge >= 0.3 is 0 Å². The van der Waals surface area contributed by atoms with E-state index >= 15 is 0 Å². The van der Waals surface area contributed by atoms with Gasteiger partial charge in [-0.25, -0.2) is 0 Å². The molecule has 496 valence electrons. The first-order valence-electron chi connectivity index (χ1n) is 37.2. The SMILES string of the molecule is CCCCCCCCCCCCCCC/C=C/CC/C=C/CC/C=C/C(O)C(COC1OC(CO)C(O)C(O)C1O)NC(=O)CCCCCCCCCCCCCCCCCCCCCCCCCCCCCCCCCCCCCCCC. The minimum absolute atomic E-state index is 0.183. The summed E-state index contributed by atoms with van der Waals surface area (Å²) >= 11 is 0. The maximum atomic E-state index is 13.1. The number of aliphatic hydroxyl groups excluding tert-OH is 5. The molecule has 1 saturated heterocycles. The lowest BCUT2D eigenvalue weighted by atomic mass is 9.99. The van der Waals surface area contributed by atoms with Gasteiger partial charge in [0.05, 0.1) is 25.4 Å². The van der Waals surface area contributed by atoms with E-state index in [9.17, 15) is 30.3 Å². The average molecular weight is 1190 g/mol. The molecule has 1 rings (SSSR count). The number of allylic oxidation sites excluding steroid dienone is 5. The fourth-order valence-corrected chi connectivity index (χ4v) is 12.1. The Hall–Kier alpha value is -1.59. The number of rotatable bonds is 66. The lowest BCUT2D eigenvalue weighted by molar-refractivity contribution is -0.302. The second-order valence-corrected chi connectivity index (χ2v) is 26.1. The van der Waals surface area contributed by atoms with E-state index in [2.05, 4.69) is 43.5 Å². The Morgan fingerprint density at radius 3 is 1.00 bits per heavy atom. The highest BCUT2D eigenvalue weighted by Gasteiger charge is 2.44. The normalized spacial score (nSPS) is 18.3. The molecule has 0 saturated carbocycles. The van der Waals surface area contributed by atoms with Crippen LogP contribution in [0, 0.1) is 0 Å². The Balaban J connectivity index is 2.08. The van der Waals surface area contributed by atoms with Crippen LogP contribution in [0.3, 0.4) is 0 Å². The molecule has 0 radical (unpaired) electrons. The largest absolute Gasteiger partial charge is 0.394 e. The molecular formula is C75H143NO8. The van der Waals surface area contributed by atoms with Gasteiger partial charge in [-0.3, -0.25) is 4.79 Å². The highest BCUT2D eigenvalue weighted by atomic mass is 16.7. The van der Waals surface area contributed by atoms with Crippen LogP contribution in [-0.2, 0) is 14.3 Å². The van der Waals surface area contributed by atoms with Crippen molar-refractivity contribution in [3.8, 4) is 0 Å². The number of hydrogen-bond acceptors (Lipinski definition) is 8. The van der Waals surface area contributed by atoms with Gasteiger partial charge in [-0.1, -0.05) is 365 Å². The highest BCUT2D eigenvalue weighted by molar-refractivity contribution is 5.76. The molecule has 0 spiro atoms. The van der Waals surface area contributed by atoms with Crippen LogP contribution in [0.4, 0.5) is 0 Å². The van der Waals surface area contributed by atoms with Gasteiger partial charge in [0.15, 0.2) is 6.29 Å². The zero-order valence-electron chi connectivity index (χ0n) is 55.7. The molecule has 1 fully saturated rings. The quantitative estimate of drug-likeness (QED) is 0.0261. The molecule has 9 nitrogen and oxygen atoms in total. The summed E-state index contributed by atoms with van der Waals surface area (Å²) in [4.78, 5) is 13.1. The molecule has 1 aliphatic heterocycles. The number of nitrogens with one attached hydrogen (secondary N) is 1. The van der Waals surface area contributed by atoms with Gasteiger partial charge in [0, 0.05) is 6.42 Å². The number of aliphatic hydroxyl groups is 5. The lowest BCUT2D eigenvalue weighted by Crippen LogP contribution is -2.60. The fourth-order valence-electron chi connectivity index (χ4n) is 12.1. The molecule has 84 heavy (non-hydrogen) atoms. The molecular weight excluding hydrogens is 1040 g/mol. The highest BCUT2D eigenvalue weighted by Crippen LogP contribution is 2.24. The Morgan fingerprint density at radius 1 is 0.393 bits per heavy atom. The summed E-state index contributed by atoms with van der Waals surface area (Å²) in [6, 6.07) is -0.828. The van der Waals surface area contributed by atoms with Gasteiger partial charge < -0.3 is 40.3 Å². The molecule has 0 aromatic rings. The average Bonchev–Trinajstić information content (AvgIpc) is 3.69. The molecule has 0 aliphatic carbocycles. The van der Waals surface area contributed by atoms with E-state index in [1.165, 1.54) is 315 Å². The molecule has 7 unspecified atom stereocenters. The third-order valence-electron chi connectivity index (χ3n) is 17.9. The molecule has 9 heteroatoms. The van der Waals surface area contributed by atoms with Crippen molar-refractivity contribution in [2.45, 2.75) is 423 Å². The lowest BCUT2D eigenvalue weighted by Gasteiger charge is -2.40. The Morgan fingerprint density at radius 2 is 0.679 bits per heavy atom. The van der Waals surface area contributed by atoms with Crippen molar-refractivity contribution in [1.29, 1.82) is 0 Å². The first kappa shape index (κ1) is 80.4. The number of unbranched alkanes of at least 4 members (excludes halogenated alkanes) is 52. The number of carbonyl (C=O) groups excluding carboxylic acids is 1. The van der Waals surface area contributed by atoms with Gasteiger partial charge in [0.25, 0.3) is 0 Å². The summed E-state index contributed by atoms with van der Waals surface area (Å²) in [6.07, 6.45) is 80.0. The molecule has 1 amide bonds. The van der Waals surface area contributed by atoms with Crippen molar-refractivity contribution >= 4 is 5.91 Å². The third kappa shape index (κ3) is 52.4. The maximum Gasteiger partial charge on any atom is 0.220 e. The van der Waals surface area contributed by atoms with Gasteiger partial charge in [-0.15, -0.1) is 0 Å². The van der Waals surface area contributed by atoms with Crippen LogP contribution < -0.4 is 5.32 Å². The zero-order chi connectivity index (χ0) is 60.7. The maximum absolute atomic E-state index is 13.1. The number of hydrogen-bond donors (Lipinski definition) is 6. The summed E-state index contributed by atoms with van der Waals surface area (Å²) in [5.41, 5.74) is 0. The number of carbonyl (C=O) groups is 1. The van der Waals surface area contributed by atoms with Crippen LogP contribution in [0.1, 0.15) is 380 Å². The van der Waals surface area contributed by atoms with E-state index in [0.717, 1.165) is 44.9 Å². The van der Waals surface area contributed by atoms with Crippen LogP contribution in [0.2, 0.25) is 0 Å². The third-order valence-corrected chi connectivity index (χ3v) is 17.9. The molecule has 0 aromatic carbocycles. The van der Waals surface area contributed by atoms with E-state index < -0.39 is 49.5 Å². The predicted molar refractivity (Wildman–Crippen MR) is 360 cm³/mol. The predicted octanol–water partition coefficient (Wildman–Crippen LogP) is 20.6. The van der Waals surface area contributed by atoms with E-state index in [-0.39, 0.29) is 12.5 Å². The summed E-state index contributed by atoms with van der Waals surface area (Å²) in [6.45, 7) is 3.81. The molecule has 0 aromatic heterocycles. The van der Waals surface area contributed by atoms with Crippen LogP contribution in [0.15, 0.2) is 36.5 Å². The summed E-state index contributed by atoms with van der Waals surface area (Å²) in [7, 11) is 0. The zero-order valence-corrected chi connectivity index (χ0v) is 55.7. The first-order chi connectivity index (χ1) is 41.3. The first-order valence-corrected chi connectivity index (χ1v) is 37.2. The van der Waals surface area contributed by atoms with Crippen molar-refractivity contribution in [3.05, 3.63) is 36.5 Å². The Bertz CT molecular complexity index is 1420. The fraction of sp³-hybridized carbons (Fsp3) is 0.907. The second-order valence-electron chi connectivity index (χ2n) is 26.1. The van der Waals surface area contributed by atoms with Crippen LogP contribution in [-0.4, -0.2) is 87.5 Å². The van der Waals surface area contributed by atoms with E-state index in [0.29, 0.717) is 6.42 Å². The van der Waals surface area contributed by atoms with Crippen molar-refractivity contribution < 1.29 is 39.8 Å². The van der Waals surface area contributed by atoms with E-state index in [1.54, 1.807) is 6.08 Å². The van der Waals surface area contributed by atoms with Crippen molar-refractivity contribution in [2.75, 3.05) is 13.2 Å². The molecule has 1 heterocycles. The molecule has 0 bridgehead atoms. The Labute approximate surface area is 521 Å². The van der Waals surface area contributed by atoms with E-state index in [1.807, 2.05) is 6.08 Å². The van der Waals surface area contributed by atoms with Crippen LogP contribution in [0.25, 0.3) is 0 Å². The monoisotopic (exact) mass is 1190 g/mol. The topological polar surface area (TPSA) is 149 Å². The summed E-state index contributed by atoms with van der Waals surface area (Å²) < 4.78 is 11.3. The van der Waals surface area contributed by atoms with Gasteiger partial charge in [0.2, 0.25) is 5.91 Å². The minimum Gasteiger partial charge on any atom is -0.394 e. The van der Waals surface area contributed by atoms with Crippen molar-refractivity contribution in [1.82, 2.24) is 5.32 Å².